The molecule has 0 radical (unpaired) electrons. The molecule has 1 fully saturated rings. The largest absolute Gasteiger partial charge is 0.497 e. The molecule has 2 aliphatic rings. The van der Waals surface area contributed by atoms with Gasteiger partial charge >= 0.3 is 5.97 Å². The molecule has 0 aliphatic carbocycles. The summed E-state index contributed by atoms with van der Waals surface area (Å²) in [5.74, 6) is 0.451. The van der Waals surface area contributed by atoms with Crippen LogP contribution < -0.4 is 4.74 Å². The molecule has 0 N–H and O–H groups in total. The van der Waals surface area contributed by atoms with Crippen LogP contribution >= 0.6 is 0 Å². The molecule has 3 aromatic rings. The van der Waals surface area contributed by atoms with Gasteiger partial charge in [-0.1, -0.05) is 42.5 Å². The number of benzene rings is 3. The number of ether oxygens (including phenoxy) is 2. The van der Waals surface area contributed by atoms with Crippen LogP contribution in [0.5, 0.6) is 5.75 Å². The van der Waals surface area contributed by atoms with Gasteiger partial charge in [-0.3, -0.25) is 4.79 Å². The first-order valence-corrected chi connectivity index (χ1v) is 10.5. The number of methoxy groups -OCH3 is 1. The van der Waals surface area contributed by atoms with Crippen LogP contribution in [0.4, 0.5) is 0 Å². The second kappa shape index (κ2) is 7.58. The molecule has 5 rings (SSSR count). The Hall–Kier alpha value is -3.60. The lowest BCUT2D eigenvalue weighted by atomic mass is 9.85. The van der Waals surface area contributed by atoms with Crippen molar-refractivity contribution in [1.29, 1.82) is 0 Å². The van der Waals surface area contributed by atoms with Gasteiger partial charge < -0.3 is 14.4 Å². The Morgan fingerprint density at radius 2 is 1.81 bits per heavy atom. The number of carbonyl (C=O) groups is 2. The molecule has 5 nitrogen and oxygen atoms in total. The standard InChI is InChI=1S/C26H23NO4/c1-30-21-7-4-6-20(16-21)18-10-12-19(13-11-18)24(28)27-15-5-14-26(17-27)23-9-3-2-8-22(23)25(29)31-26/h2-4,6-13,16H,5,14-15,17H2,1H3. The monoisotopic (exact) mass is 413 g/mol. The number of carbonyl (C=O) groups excluding carboxylic acids is 2. The fraction of sp³-hybridized carbons (Fsp3) is 0.231. The number of hydrogen-bond donors (Lipinski definition) is 0. The summed E-state index contributed by atoms with van der Waals surface area (Å²) in [5, 5.41) is 0. The Bertz CT molecular complexity index is 1150. The molecule has 1 saturated heterocycles. The highest BCUT2D eigenvalue weighted by Crippen LogP contribution is 2.43. The second-order valence-electron chi connectivity index (χ2n) is 8.07. The number of likely N-dealkylation sites (tertiary alicyclic amines) is 1. The van der Waals surface area contributed by atoms with Crippen molar-refractivity contribution in [2.45, 2.75) is 18.4 Å². The van der Waals surface area contributed by atoms with Gasteiger partial charge in [0.05, 0.1) is 19.2 Å². The molecule has 3 aromatic carbocycles. The van der Waals surface area contributed by atoms with Crippen LogP contribution in [-0.2, 0) is 10.3 Å². The molecule has 2 aliphatic heterocycles. The van der Waals surface area contributed by atoms with E-state index in [1.807, 2.05) is 66.7 Å². The van der Waals surface area contributed by atoms with Crippen molar-refractivity contribution in [2.75, 3.05) is 20.2 Å². The SMILES string of the molecule is COc1cccc(-c2ccc(C(=O)N3CCCC4(C3)OC(=O)c3ccccc34)cc2)c1. The maximum Gasteiger partial charge on any atom is 0.339 e. The van der Waals surface area contributed by atoms with Crippen molar-refractivity contribution in [2.24, 2.45) is 0 Å². The number of hydrogen-bond acceptors (Lipinski definition) is 4. The third-order valence-electron chi connectivity index (χ3n) is 6.20. The summed E-state index contributed by atoms with van der Waals surface area (Å²) in [6.45, 7) is 1.03. The summed E-state index contributed by atoms with van der Waals surface area (Å²) in [7, 11) is 1.65. The zero-order chi connectivity index (χ0) is 21.4. The minimum atomic E-state index is -0.734. The number of piperidine rings is 1. The van der Waals surface area contributed by atoms with Crippen LogP contribution in [0.1, 0.15) is 39.1 Å². The summed E-state index contributed by atoms with van der Waals surface area (Å²) in [5.41, 5.74) is 3.45. The molecule has 5 heteroatoms. The van der Waals surface area contributed by atoms with Gasteiger partial charge in [-0.2, -0.15) is 0 Å². The molecule has 0 aromatic heterocycles. The Kier molecular flexibility index (Phi) is 4.74. The lowest BCUT2D eigenvalue weighted by Crippen LogP contribution is -2.48. The van der Waals surface area contributed by atoms with Crippen LogP contribution in [0.3, 0.4) is 0 Å². The molecular formula is C26H23NO4. The highest BCUT2D eigenvalue weighted by molar-refractivity contribution is 5.96. The molecule has 0 saturated carbocycles. The quantitative estimate of drug-likeness (QED) is 0.586. The number of nitrogens with zero attached hydrogens (tertiary/aromatic N) is 1. The normalized spacial score (nSPS) is 19.8. The van der Waals surface area contributed by atoms with Crippen molar-refractivity contribution in [3.63, 3.8) is 0 Å². The van der Waals surface area contributed by atoms with E-state index in [1.165, 1.54) is 0 Å². The Balaban J connectivity index is 1.38. The van der Waals surface area contributed by atoms with Crippen molar-refractivity contribution >= 4 is 11.9 Å². The topological polar surface area (TPSA) is 55.8 Å². The van der Waals surface area contributed by atoms with Crippen molar-refractivity contribution in [3.8, 4) is 16.9 Å². The van der Waals surface area contributed by atoms with Gasteiger partial charge in [-0.25, -0.2) is 4.79 Å². The molecule has 1 spiro atoms. The summed E-state index contributed by atoms with van der Waals surface area (Å²) >= 11 is 0. The Labute approximate surface area is 181 Å². The van der Waals surface area contributed by atoms with E-state index in [0.29, 0.717) is 24.2 Å². The Morgan fingerprint density at radius 1 is 1.00 bits per heavy atom. The minimum absolute atomic E-state index is 0.0447. The van der Waals surface area contributed by atoms with E-state index >= 15 is 0 Å². The maximum absolute atomic E-state index is 13.2. The summed E-state index contributed by atoms with van der Waals surface area (Å²) in [6, 6.07) is 22.9. The molecule has 156 valence electrons. The molecule has 31 heavy (non-hydrogen) atoms. The zero-order valence-corrected chi connectivity index (χ0v) is 17.3. The molecule has 1 amide bonds. The predicted molar refractivity (Wildman–Crippen MR) is 117 cm³/mol. The number of amides is 1. The lowest BCUT2D eigenvalue weighted by molar-refractivity contribution is -0.0442. The highest BCUT2D eigenvalue weighted by atomic mass is 16.6. The average molecular weight is 413 g/mol. The average Bonchev–Trinajstić information content (AvgIpc) is 3.09. The van der Waals surface area contributed by atoms with E-state index in [1.54, 1.807) is 18.1 Å². The van der Waals surface area contributed by atoms with Gasteiger partial charge in [0.1, 0.15) is 5.75 Å². The fourth-order valence-corrected chi connectivity index (χ4v) is 4.63. The van der Waals surface area contributed by atoms with E-state index in [2.05, 4.69) is 0 Å². The predicted octanol–water partition coefficient (Wildman–Crippen LogP) is 4.66. The molecule has 1 atom stereocenters. The third kappa shape index (κ3) is 3.36. The first-order chi connectivity index (χ1) is 15.1. The Morgan fingerprint density at radius 3 is 2.61 bits per heavy atom. The van der Waals surface area contributed by atoms with Crippen LogP contribution in [0, 0.1) is 0 Å². The van der Waals surface area contributed by atoms with Crippen molar-refractivity contribution in [1.82, 2.24) is 4.90 Å². The van der Waals surface area contributed by atoms with Gasteiger partial charge in [-0.05, 0) is 54.3 Å². The summed E-state index contributed by atoms with van der Waals surface area (Å²) in [4.78, 5) is 27.4. The van der Waals surface area contributed by atoms with Crippen molar-refractivity contribution in [3.05, 3.63) is 89.5 Å². The molecule has 2 heterocycles. The first kappa shape index (κ1) is 19.4. The molecular weight excluding hydrogens is 390 g/mol. The van der Waals surface area contributed by atoms with E-state index in [0.717, 1.165) is 35.3 Å². The van der Waals surface area contributed by atoms with Crippen LogP contribution in [-0.4, -0.2) is 37.0 Å². The van der Waals surface area contributed by atoms with Gasteiger partial charge in [0.2, 0.25) is 0 Å². The fourth-order valence-electron chi connectivity index (χ4n) is 4.63. The minimum Gasteiger partial charge on any atom is -0.497 e. The van der Waals surface area contributed by atoms with E-state index in [-0.39, 0.29) is 11.9 Å². The van der Waals surface area contributed by atoms with E-state index in [9.17, 15) is 9.59 Å². The molecule has 0 bridgehead atoms. The van der Waals surface area contributed by atoms with Crippen LogP contribution in [0.2, 0.25) is 0 Å². The van der Waals surface area contributed by atoms with Crippen molar-refractivity contribution < 1.29 is 19.1 Å². The van der Waals surface area contributed by atoms with Gasteiger partial charge in [0.25, 0.3) is 5.91 Å². The zero-order valence-electron chi connectivity index (χ0n) is 17.3. The lowest BCUT2D eigenvalue weighted by Gasteiger charge is -2.39. The number of fused-ring (bicyclic) bond motifs is 2. The molecule has 1 unspecified atom stereocenters. The number of rotatable bonds is 3. The summed E-state index contributed by atoms with van der Waals surface area (Å²) < 4.78 is 11.1. The maximum atomic E-state index is 13.2. The van der Waals surface area contributed by atoms with Crippen LogP contribution in [0.15, 0.2) is 72.8 Å². The highest BCUT2D eigenvalue weighted by Gasteiger charge is 2.48. The number of esters is 1. The van der Waals surface area contributed by atoms with E-state index in [4.69, 9.17) is 9.47 Å². The second-order valence-corrected chi connectivity index (χ2v) is 8.07. The smallest absolute Gasteiger partial charge is 0.339 e. The van der Waals surface area contributed by atoms with E-state index < -0.39 is 5.60 Å². The summed E-state index contributed by atoms with van der Waals surface area (Å²) in [6.07, 6.45) is 1.52. The van der Waals surface area contributed by atoms with Gasteiger partial charge in [-0.15, -0.1) is 0 Å². The first-order valence-electron chi connectivity index (χ1n) is 10.5. The third-order valence-corrected chi connectivity index (χ3v) is 6.20. The van der Waals surface area contributed by atoms with Gasteiger partial charge in [0.15, 0.2) is 5.60 Å². The van der Waals surface area contributed by atoms with Gasteiger partial charge in [0, 0.05) is 17.7 Å². The van der Waals surface area contributed by atoms with Crippen LogP contribution in [0.25, 0.3) is 11.1 Å².